The Balaban J connectivity index is 1.70. The molecule has 0 spiro atoms. The number of nitrogens with zero attached hydrogens (tertiary/aromatic N) is 1. The lowest BCUT2D eigenvalue weighted by atomic mass is 10.2. The largest absolute Gasteiger partial charge is 0.494 e. The fourth-order valence-corrected chi connectivity index (χ4v) is 1.31. The highest BCUT2D eigenvalue weighted by Crippen LogP contribution is 2.10. The molecule has 74 valence electrons. The van der Waals surface area contributed by atoms with Crippen molar-refractivity contribution in [2.24, 2.45) is 4.99 Å². The maximum Gasteiger partial charge on any atom is 0.169 e. The van der Waals surface area contributed by atoms with E-state index in [9.17, 15) is 0 Å². The van der Waals surface area contributed by atoms with Crippen LogP contribution in [0.1, 0.15) is 6.42 Å². The van der Waals surface area contributed by atoms with Crippen molar-refractivity contribution < 1.29 is 9.47 Å². The molecule has 1 atom stereocenters. The molecular weight excluding hydrogens is 178 g/mol. The number of benzene rings is 1. The first-order chi connectivity index (χ1) is 6.95. The molecule has 0 saturated carbocycles. The minimum absolute atomic E-state index is 0.277. The molecule has 0 amide bonds. The Morgan fingerprint density at radius 2 is 2.21 bits per heavy atom. The number of aliphatic imine (C=N–C) groups is 1. The molecule has 0 fully saturated rings. The van der Waals surface area contributed by atoms with E-state index in [4.69, 9.17) is 9.47 Å². The second-order valence-corrected chi connectivity index (χ2v) is 3.19. The molecule has 2 rings (SSSR count). The summed E-state index contributed by atoms with van der Waals surface area (Å²) >= 11 is 0. The minimum atomic E-state index is 0.277. The Bertz CT molecular complexity index is 297. The Morgan fingerprint density at radius 1 is 1.36 bits per heavy atom. The van der Waals surface area contributed by atoms with Crippen LogP contribution in [0, 0.1) is 0 Å². The van der Waals surface area contributed by atoms with Gasteiger partial charge in [-0.25, -0.2) is 0 Å². The van der Waals surface area contributed by atoms with Crippen LogP contribution in [-0.2, 0) is 4.74 Å². The Hall–Kier alpha value is -1.51. The lowest BCUT2D eigenvalue weighted by molar-refractivity contribution is 0.268. The van der Waals surface area contributed by atoms with E-state index in [1.165, 1.54) is 6.40 Å². The van der Waals surface area contributed by atoms with Crippen LogP contribution in [0.2, 0.25) is 0 Å². The molecule has 0 radical (unpaired) electrons. The van der Waals surface area contributed by atoms with Gasteiger partial charge in [-0.2, -0.15) is 0 Å². The molecule has 14 heavy (non-hydrogen) atoms. The maximum atomic E-state index is 5.54. The number of ether oxygens (including phenoxy) is 2. The quantitative estimate of drug-likeness (QED) is 0.727. The van der Waals surface area contributed by atoms with Crippen molar-refractivity contribution in [1.29, 1.82) is 0 Å². The van der Waals surface area contributed by atoms with E-state index in [0.717, 1.165) is 12.2 Å². The summed E-state index contributed by atoms with van der Waals surface area (Å²) in [5.74, 6) is 0.912. The minimum Gasteiger partial charge on any atom is -0.494 e. The van der Waals surface area contributed by atoms with Crippen LogP contribution in [-0.4, -0.2) is 25.7 Å². The van der Waals surface area contributed by atoms with Gasteiger partial charge in [-0.1, -0.05) is 18.2 Å². The molecule has 3 heteroatoms. The number of para-hydroxylation sites is 1. The van der Waals surface area contributed by atoms with Gasteiger partial charge in [0.1, 0.15) is 12.4 Å². The molecule has 1 unspecified atom stereocenters. The highest BCUT2D eigenvalue weighted by atomic mass is 16.5. The second-order valence-electron chi connectivity index (χ2n) is 3.19. The molecule has 0 aromatic heterocycles. The van der Waals surface area contributed by atoms with Gasteiger partial charge in [0.2, 0.25) is 0 Å². The summed E-state index contributed by atoms with van der Waals surface area (Å²) in [6, 6.07) is 10.1. The van der Waals surface area contributed by atoms with Crippen LogP contribution >= 0.6 is 0 Å². The van der Waals surface area contributed by atoms with E-state index in [0.29, 0.717) is 13.2 Å². The molecule has 0 bridgehead atoms. The van der Waals surface area contributed by atoms with Gasteiger partial charge in [0.15, 0.2) is 6.40 Å². The first kappa shape index (κ1) is 9.06. The van der Waals surface area contributed by atoms with Gasteiger partial charge < -0.3 is 9.47 Å². The highest BCUT2D eigenvalue weighted by molar-refractivity contribution is 5.48. The Kier molecular flexibility index (Phi) is 3.01. The van der Waals surface area contributed by atoms with Crippen LogP contribution in [0.15, 0.2) is 35.3 Å². The van der Waals surface area contributed by atoms with E-state index in [2.05, 4.69) is 4.99 Å². The van der Waals surface area contributed by atoms with Crippen molar-refractivity contribution in [3.05, 3.63) is 30.3 Å². The van der Waals surface area contributed by atoms with Crippen LogP contribution in [0.3, 0.4) is 0 Å². The first-order valence-electron chi connectivity index (χ1n) is 4.76. The molecule has 0 saturated heterocycles. The van der Waals surface area contributed by atoms with Crippen LogP contribution in [0.4, 0.5) is 0 Å². The molecule has 1 aliphatic rings. The topological polar surface area (TPSA) is 30.8 Å². The van der Waals surface area contributed by atoms with Crippen molar-refractivity contribution in [2.45, 2.75) is 12.5 Å². The standard InChI is InChI=1S/C11H13NO2/c1-2-4-11(5-3-1)14-7-6-10-8-13-9-12-10/h1-5,9-10H,6-8H2. The SMILES string of the molecule is C1=NC(CCOc2ccccc2)CO1. The van der Waals surface area contributed by atoms with Gasteiger partial charge in [-0.3, -0.25) is 4.99 Å². The monoisotopic (exact) mass is 191 g/mol. The number of hydrogen-bond acceptors (Lipinski definition) is 3. The van der Waals surface area contributed by atoms with E-state index in [1.807, 2.05) is 30.3 Å². The molecule has 0 N–H and O–H groups in total. The fraction of sp³-hybridized carbons (Fsp3) is 0.364. The summed E-state index contributed by atoms with van der Waals surface area (Å²) < 4.78 is 10.6. The van der Waals surface area contributed by atoms with Crippen molar-refractivity contribution in [3.63, 3.8) is 0 Å². The zero-order valence-electron chi connectivity index (χ0n) is 7.93. The van der Waals surface area contributed by atoms with E-state index in [1.54, 1.807) is 0 Å². The summed E-state index contributed by atoms with van der Waals surface area (Å²) in [6.07, 6.45) is 2.43. The van der Waals surface area contributed by atoms with Gasteiger partial charge in [-0.05, 0) is 12.1 Å². The number of rotatable bonds is 4. The van der Waals surface area contributed by atoms with Crippen LogP contribution < -0.4 is 4.74 Å². The lowest BCUT2D eigenvalue weighted by Crippen LogP contribution is -2.11. The van der Waals surface area contributed by atoms with Gasteiger partial charge >= 0.3 is 0 Å². The smallest absolute Gasteiger partial charge is 0.169 e. The summed E-state index contributed by atoms with van der Waals surface area (Å²) in [6.45, 7) is 1.38. The van der Waals surface area contributed by atoms with E-state index < -0.39 is 0 Å². The zero-order valence-corrected chi connectivity index (χ0v) is 7.93. The van der Waals surface area contributed by atoms with Gasteiger partial charge in [-0.15, -0.1) is 0 Å². The van der Waals surface area contributed by atoms with Crippen LogP contribution in [0.25, 0.3) is 0 Å². The van der Waals surface area contributed by atoms with Crippen molar-refractivity contribution in [2.75, 3.05) is 13.2 Å². The number of hydrogen-bond donors (Lipinski definition) is 0. The average molecular weight is 191 g/mol. The first-order valence-corrected chi connectivity index (χ1v) is 4.76. The summed E-state index contributed by atoms with van der Waals surface area (Å²) in [5.41, 5.74) is 0. The molecule has 0 aliphatic carbocycles. The Labute approximate surface area is 83.4 Å². The zero-order chi connectivity index (χ0) is 9.64. The Morgan fingerprint density at radius 3 is 2.93 bits per heavy atom. The second kappa shape index (κ2) is 4.65. The van der Waals surface area contributed by atoms with Gasteiger partial charge in [0.05, 0.1) is 12.6 Å². The fourth-order valence-electron chi connectivity index (χ4n) is 1.31. The van der Waals surface area contributed by atoms with E-state index in [-0.39, 0.29) is 6.04 Å². The summed E-state index contributed by atoms with van der Waals surface area (Å²) in [7, 11) is 0. The third-order valence-electron chi connectivity index (χ3n) is 2.10. The molecule has 1 aliphatic heterocycles. The van der Waals surface area contributed by atoms with E-state index >= 15 is 0 Å². The summed E-state index contributed by atoms with van der Waals surface area (Å²) in [5, 5.41) is 0. The van der Waals surface area contributed by atoms with Crippen molar-refractivity contribution >= 4 is 6.40 Å². The van der Waals surface area contributed by atoms with Crippen LogP contribution in [0.5, 0.6) is 5.75 Å². The molecule has 1 aromatic rings. The third kappa shape index (κ3) is 2.49. The predicted molar refractivity (Wildman–Crippen MR) is 54.8 cm³/mol. The summed E-state index contributed by atoms with van der Waals surface area (Å²) in [4.78, 5) is 4.14. The normalized spacial score (nSPS) is 19.3. The highest BCUT2D eigenvalue weighted by Gasteiger charge is 2.10. The predicted octanol–water partition coefficient (Wildman–Crippen LogP) is 1.88. The third-order valence-corrected chi connectivity index (χ3v) is 2.10. The van der Waals surface area contributed by atoms with Crippen molar-refractivity contribution in [3.8, 4) is 5.75 Å². The van der Waals surface area contributed by atoms with Gasteiger partial charge in [0.25, 0.3) is 0 Å². The average Bonchev–Trinajstić information content (AvgIpc) is 2.72. The van der Waals surface area contributed by atoms with Gasteiger partial charge in [0, 0.05) is 6.42 Å². The molecule has 1 heterocycles. The van der Waals surface area contributed by atoms with Crippen molar-refractivity contribution in [1.82, 2.24) is 0 Å². The lowest BCUT2D eigenvalue weighted by Gasteiger charge is -2.07. The maximum absolute atomic E-state index is 5.54. The molecule has 3 nitrogen and oxygen atoms in total. The molecule has 1 aromatic carbocycles. The molecular formula is C11H13NO2.